The van der Waals surface area contributed by atoms with E-state index in [4.69, 9.17) is 23.2 Å². The van der Waals surface area contributed by atoms with Crippen molar-refractivity contribution in [2.45, 2.75) is 6.54 Å². The maximum absolute atomic E-state index is 11.0. The fourth-order valence-corrected chi connectivity index (χ4v) is 2.73. The Morgan fingerprint density at radius 2 is 1.74 bits per heavy atom. The summed E-state index contributed by atoms with van der Waals surface area (Å²) in [6.45, 7) is 2.04. The van der Waals surface area contributed by atoms with Gasteiger partial charge in [0.1, 0.15) is 6.54 Å². The summed E-state index contributed by atoms with van der Waals surface area (Å²) in [5.74, 6) is 1.02. The summed E-state index contributed by atoms with van der Waals surface area (Å²) in [6.07, 6.45) is 0. The third-order valence-electron chi connectivity index (χ3n) is 2.99. The number of nitro groups is 1. The lowest BCUT2D eigenvalue weighted by Gasteiger charge is -2.33. The van der Waals surface area contributed by atoms with E-state index in [2.05, 4.69) is 0 Å². The Balaban J connectivity index is 0.00000324. The van der Waals surface area contributed by atoms with Crippen LogP contribution in [-0.4, -0.2) is 41.3 Å². The van der Waals surface area contributed by atoms with Crippen LogP contribution in [0.1, 0.15) is 5.56 Å². The monoisotopic (exact) mass is 370 g/mol. The molecule has 0 aliphatic rings. The zero-order valence-electron chi connectivity index (χ0n) is 10.7. The minimum absolute atomic E-state index is 0. The molecule has 1 aromatic rings. The molecule has 0 radical (unpaired) electrons. The van der Waals surface area contributed by atoms with Crippen LogP contribution < -0.4 is 17.0 Å². The quantitative estimate of drug-likeness (QED) is 0.293. The first-order valence-corrected chi connectivity index (χ1v) is 6.77. The van der Waals surface area contributed by atoms with Crippen LogP contribution in [0.15, 0.2) is 24.3 Å². The molecule has 0 spiro atoms. The van der Waals surface area contributed by atoms with Gasteiger partial charge in [-0.05, 0) is 6.07 Å². The number of hydrogen-bond acceptors (Lipinski definition) is 2. The molecular weight excluding hydrogens is 355 g/mol. The summed E-state index contributed by atoms with van der Waals surface area (Å²) >= 11 is 11.6. The van der Waals surface area contributed by atoms with Crippen molar-refractivity contribution in [1.82, 2.24) is 0 Å². The number of para-hydroxylation sites is 1. The molecule has 0 aromatic heterocycles. The van der Waals surface area contributed by atoms with E-state index >= 15 is 0 Å². The van der Waals surface area contributed by atoms with Gasteiger partial charge in [-0.1, -0.05) is 12.1 Å². The van der Waals surface area contributed by atoms with Crippen LogP contribution in [0.25, 0.3) is 0 Å². The minimum Gasteiger partial charge on any atom is -1.00 e. The summed E-state index contributed by atoms with van der Waals surface area (Å²) in [5.41, 5.74) is 0.881. The lowest BCUT2D eigenvalue weighted by Crippen LogP contribution is -3.00. The maximum atomic E-state index is 11.0. The van der Waals surface area contributed by atoms with E-state index in [1.807, 2.05) is 13.1 Å². The SMILES string of the molecule is C[N+](CCCl)(CCCl)Cc1ccccc1[N+](=O)[O-].[Br-]. The first-order valence-electron chi connectivity index (χ1n) is 5.70. The molecule has 0 saturated carbocycles. The Hall–Kier alpha value is -0.360. The van der Waals surface area contributed by atoms with Crippen LogP contribution in [0.5, 0.6) is 0 Å². The number of benzene rings is 1. The molecule has 1 rings (SSSR count). The number of alkyl halides is 2. The molecule has 0 fully saturated rings. The van der Waals surface area contributed by atoms with Crippen molar-refractivity contribution in [1.29, 1.82) is 0 Å². The van der Waals surface area contributed by atoms with E-state index in [-0.39, 0.29) is 27.6 Å². The number of rotatable bonds is 7. The summed E-state index contributed by atoms with van der Waals surface area (Å²) < 4.78 is 0.609. The van der Waals surface area contributed by atoms with E-state index in [1.54, 1.807) is 12.1 Å². The highest BCUT2D eigenvalue weighted by Gasteiger charge is 2.25. The summed E-state index contributed by atoms with van der Waals surface area (Å²) in [4.78, 5) is 10.6. The third-order valence-corrected chi connectivity index (χ3v) is 3.33. The van der Waals surface area contributed by atoms with Crippen LogP contribution in [0.4, 0.5) is 5.69 Å². The van der Waals surface area contributed by atoms with E-state index < -0.39 is 0 Å². The average molecular weight is 372 g/mol. The second-order valence-corrected chi connectivity index (χ2v) is 5.24. The van der Waals surface area contributed by atoms with Crippen LogP contribution in [0, 0.1) is 10.1 Å². The molecule has 4 nitrogen and oxygen atoms in total. The molecule has 0 amide bonds. The Bertz CT molecular complexity index is 412. The highest BCUT2D eigenvalue weighted by molar-refractivity contribution is 6.18. The van der Waals surface area contributed by atoms with E-state index in [9.17, 15) is 10.1 Å². The smallest absolute Gasteiger partial charge is 0.278 e. The highest BCUT2D eigenvalue weighted by Crippen LogP contribution is 2.22. The predicted octanol–water partition coefficient (Wildman–Crippen LogP) is 0.0230. The van der Waals surface area contributed by atoms with Gasteiger partial charge < -0.3 is 21.5 Å². The molecule has 0 unspecified atom stereocenters. The number of halogens is 3. The van der Waals surface area contributed by atoms with Gasteiger partial charge in [0, 0.05) is 6.07 Å². The van der Waals surface area contributed by atoms with Crippen molar-refractivity contribution in [3.8, 4) is 0 Å². The van der Waals surface area contributed by atoms with Crippen molar-refractivity contribution in [2.24, 2.45) is 0 Å². The van der Waals surface area contributed by atoms with Gasteiger partial charge in [0.15, 0.2) is 0 Å². The van der Waals surface area contributed by atoms with Crippen molar-refractivity contribution in [3.63, 3.8) is 0 Å². The fraction of sp³-hybridized carbons (Fsp3) is 0.500. The Morgan fingerprint density at radius 3 is 2.21 bits per heavy atom. The lowest BCUT2D eigenvalue weighted by atomic mass is 10.1. The molecule has 0 atom stereocenters. The zero-order chi connectivity index (χ0) is 13.6. The first-order chi connectivity index (χ1) is 8.52. The van der Waals surface area contributed by atoms with Crippen LogP contribution >= 0.6 is 23.2 Å². The van der Waals surface area contributed by atoms with Gasteiger partial charge in [-0.25, -0.2) is 0 Å². The molecule has 0 N–H and O–H groups in total. The number of hydrogen-bond donors (Lipinski definition) is 0. The number of quaternary nitrogens is 1. The lowest BCUT2D eigenvalue weighted by molar-refractivity contribution is -0.918. The normalized spacial score (nSPS) is 10.9. The largest absolute Gasteiger partial charge is 1.00 e. The molecular formula is C12H17BrCl2N2O2. The van der Waals surface area contributed by atoms with Crippen molar-refractivity contribution < 1.29 is 26.4 Å². The molecule has 0 aliphatic carbocycles. The fourth-order valence-electron chi connectivity index (χ4n) is 1.91. The minimum atomic E-state index is -0.346. The summed E-state index contributed by atoms with van der Waals surface area (Å²) in [5, 5.41) is 11.0. The van der Waals surface area contributed by atoms with Crippen molar-refractivity contribution >= 4 is 28.9 Å². The average Bonchev–Trinajstić information content (AvgIpc) is 2.29. The Morgan fingerprint density at radius 1 is 1.21 bits per heavy atom. The standard InChI is InChI=1S/C12H17Cl2N2O2.BrH/c1-16(8-6-13,9-7-14)10-11-4-2-3-5-12(11)15(17)18;/h2-5H,6-10H2,1H3;1H/q+1;/p-1. The van der Waals surface area contributed by atoms with Gasteiger partial charge in [-0.15, -0.1) is 23.2 Å². The number of nitrogens with zero attached hydrogens (tertiary/aromatic N) is 2. The van der Waals surface area contributed by atoms with Gasteiger partial charge >= 0.3 is 0 Å². The summed E-state index contributed by atoms with van der Waals surface area (Å²) in [7, 11) is 2.02. The molecule has 7 heteroatoms. The second-order valence-electron chi connectivity index (χ2n) is 4.49. The Labute approximate surface area is 133 Å². The molecule has 0 heterocycles. The van der Waals surface area contributed by atoms with Crippen LogP contribution in [0.2, 0.25) is 0 Å². The van der Waals surface area contributed by atoms with E-state index in [0.29, 0.717) is 22.8 Å². The van der Waals surface area contributed by atoms with Gasteiger partial charge in [0.05, 0.1) is 42.4 Å². The zero-order valence-corrected chi connectivity index (χ0v) is 13.8. The van der Waals surface area contributed by atoms with Crippen LogP contribution in [0.3, 0.4) is 0 Å². The highest BCUT2D eigenvalue weighted by atomic mass is 79.9. The first kappa shape index (κ1) is 18.6. The van der Waals surface area contributed by atoms with Crippen LogP contribution in [-0.2, 0) is 6.54 Å². The molecule has 0 bridgehead atoms. The van der Waals surface area contributed by atoms with Gasteiger partial charge in [0.2, 0.25) is 0 Å². The predicted molar refractivity (Wildman–Crippen MR) is 74.2 cm³/mol. The molecule has 0 aliphatic heterocycles. The Kier molecular flexibility index (Phi) is 8.57. The van der Waals surface area contributed by atoms with Crippen molar-refractivity contribution in [3.05, 3.63) is 39.9 Å². The number of nitro benzene ring substituents is 1. The second kappa shape index (κ2) is 8.74. The summed E-state index contributed by atoms with van der Waals surface area (Å²) in [6, 6.07) is 6.81. The molecule has 19 heavy (non-hydrogen) atoms. The van der Waals surface area contributed by atoms with E-state index in [0.717, 1.165) is 18.7 Å². The van der Waals surface area contributed by atoms with Gasteiger partial charge in [-0.2, -0.15) is 0 Å². The maximum Gasteiger partial charge on any atom is 0.278 e. The third kappa shape index (κ3) is 5.65. The van der Waals surface area contributed by atoms with Crippen molar-refractivity contribution in [2.75, 3.05) is 31.9 Å². The van der Waals surface area contributed by atoms with Gasteiger partial charge in [0.25, 0.3) is 5.69 Å². The topological polar surface area (TPSA) is 43.1 Å². The molecule has 1 aromatic carbocycles. The van der Waals surface area contributed by atoms with E-state index in [1.165, 1.54) is 6.07 Å². The molecule has 0 saturated heterocycles. The van der Waals surface area contributed by atoms with Gasteiger partial charge in [-0.3, -0.25) is 10.1 Å². The molecule has 108 valence electrons.